The van der Waals surface area contributed by atoms with Gasteiger partial charge in [-0.25, -0.2) is 0 Å². The van der Waals surface area contributed by atoms with Gasteiger partial charge < -0.3 is 9.47 Å². The summed E-state index contributed by atoms with van der Waals surface area (Å²) >= 11 is 0. The van der Waals surface area contributed by atoms with E-state index < -0.39 is 17.8 Å². The lowest BCUT2D eigenvalue weighted by Gasteiger charge is -2.27. The number of rotatable bonds is 20. The molecular weight excluding hydrogens is 416 g/mol. The molecule has 0 bridgehead atoms. The molecule has 0 spiro atoms. The third kappa shape index (κ3) is 14.5. The molecule has 1 rings (SSSR count). The van der Waals surface area contributed by atoms with Gasteiger partial charge in [-0.1, -0.05) is 104 Å². The molecule has 2 atom stereocenters. The third-order valence-corrected chi connectivity index (χ3v) is 6.76. The molecule has 0 aromatic carbocycles. The van der Waals surface area contributed by atoms with E-state index in [0.29, 0.717) is 26.1 Å². The molecule has 1 aliphatic carbocycles. The van der Waals surface area contributed by atoms with Gasteiger partial charge in [-0.2, -0.15) is 0 Å². The molecule has 0 aromatic rings. The maximum absolute atomic E-state index is 12.6. The van der Waals surface area contributed by atoms with E-state index >= 15 is 0 Å². The summed E-state index contributed by atoms with van der Waals surface area (Å²) in [6, 6.07) is 0. The van der Waals surface area contributed by atoms with Gasteiger partial charge in [0.05, 0.1) is 25.0 Å². The van der Waals surface area contributed by atoms with E-state index in [1.807, 2.05) is 0 Å². The largest absolute Gasteiger partial charge is 0.465 e. The molecule has 0 radical (unpaired) electrons. The van der Waals surface area contributed by atoms with Crippen molar-refractivity contribution in [2.45, 2.75) is 136 Å². The summed E-state index contributed by atoms with van der Waals surface area (Å²) in [7, 11) is 0. The van der Waals surface area contributed by atoms with E-state index in [-0.39, 0.29) is 18.2 Å². The molecule has 2 unspecified atom stereocenters. The maximum Gasteiger partial charge on any atom is 0.310 e. The van der Waals surface area contributed by atoms with Gasteiger partial charge >= 0.3 is 11.9 Å². The lowest BCUT2D eigenvalue weighted by atomic mass is 9.78. The van der Waals surface area contributed by atoms with Crippen molar-refractivity contribution >= 4 is 17.7 Å². The number of esters is 2. The Balaban J connectivity index is 2.23. The van der Waals surface area contributed by atoms with Gasteiger partial charge in [-0.05, 0) is 19.3 Å². The molecule has 0 saturated heterocycles. The maximum atomic E-state index is 12.6. The molecule has 33 heavy (non-hydrogen) atoms. The number of carbonyl (C=O) groups is 3. The van der Waals surface area contributed by atoms with Gasteiger partial charge in [-0.15, -0.1) is 0 Å². The van der Waals surface area contributed by atoms with E-state index in [4.69, 9.17) is 9.47 Å². The minimum Gasteiger partial charge on any atom is -0.465 e. The monoisotopic (exact) mass is 466 g/mol. The summed E-state index contributed by atoms with van der Waals surface area (Å²) in [6.45, 7) is 5.21. The molecule has 5 heteroatoms. The van der Waals surface area contributed by atoms with Crippen molar-refractivity contribution in [1.29, 1.82) is 0 Å². The van der Waals surface area contributed by atoms with E-state index in [1.54, 1.807) is 0 Å². The summed E-state index contributed by atoms with van der Waals surface area (Å²) < 4.78 is 10.9. The van der Waals surface area contributed by atoms with Crippen molar-refractivity contribution in [1.82, 2.24) is 0 Å². The number of hydrogen-bond donors (Lipinski definition) is 0. The molecule has 0 amide bonds. The fraction of sp³-hybridized carbons (Fsp3) is 0.893. The van der Waals surface area contributed by atoms with Crippen LogP contribution in [0.2, 0.25) is 0 Å². The molecule has 0 aromatic heterocycles. The Labute approximate surface area is 202 Å². The molecule has 5 nitrogen and oxygen atoms in total. The van der Waals surface area contributed by atoms with Crippen molar-refractivity contribution in [3.63, 3.8) is 0 Å². The van der Waals surface area contributed by atoms with Crippen LogP contribution >= 0.6 is 0 Å². The smallest absolute Gasteiger partial charge is 0.310 e. The van der Waals surface area contributed by atoms with Gasteiger partial charge in [-0.3, -0.25) is 14.4 Å². The van der Waals surface area contributed by atoms with Crippen LogP contribution < -0.4 is 0 Å². The van der Waals surface area contributed by atoms with Crippen molar-refractivity contribution in [2.24, 2.45) is 11.8 Å². The lowest BCUT2D eigenvalue weighted by Crippen LogP contribution is -2.38. The minimum atomic E-state index is -0.675. The van der Waals surface area contributed by atoms with Gasteiger partial charge in [0.15, 0.2) is 0 Å². The van der Waals surface area contributed by atoms with Crippen LogP contribution in [0.3, 0.4) is 0 Å². The quantitative estimate of drug-likeness (QED) is 0.139. The predicted octanol–water partition coefficient (Wildman–Crippen LogP) is 7.34. The van der Waals surface area contributed by atoms with Crippen LogP contribution in [0, 0.1) is 11.8 Å². The average molecular weight is 467 g/mol. The fourth-order valence-corrected chi connectivity index (χ4v) is 4.57. The highest BCUT2D eigenvalue weighted by molar-refractivity contribution is 5.90. The number of carbonyl (C=O) groups excluding carboxylic acids is 3. The van der Waals surface area contributed by atoms with Crippen LogP contribution in [0.4, 0.5) is 0 Å². The first-order valence-corrected chi connectivity index (χ1v) is 13.9. The van der Waals surface area contributed by atoms with Gasteiger partial charge in [0, 0.05) is 12.8 Å². The lowest BCUT2D eigenvalue weighted by molar-refractivity contribution is -0.164. The van der Waals surface area contributed by atoms with Gasteiger partial charge in [0.1, 0.15) is 5.78 Å². The second kappa shape index (κ2) is 20.0. The number of Topliss-reactive ketones (excluding diaryl/α,β-unsaturated/α-hetero) is 1. The highest BCUT2D eigenvalue weighted by atomic mass is 16.5. The zero-order valence-electron chi connectivity index (χ0n) is 21.5. The molecular formula is C28H50O5. The van der Waals surface area contributed by atoms with Crippen LogP contribution in [0.25, 0.3) is 0 Å². The Hall–Kier alpha value is -1.39. The highest BCUT2D eigenvalue weighted by Gasteiger charge is 2.40. The molecule has 192 valence electrons. The third-order valence-electron chi connectivity index (χ3n) is 6.76. The second-order valence-corrected chi connectivity index (χ2v) is 9.78. The Bertz CT molecular complexity index is 530. The van der Waals surface area contributed by atoms with E-state index in [2.05, 4.69) is 13.8 Å². The zero-order valence-corrected chi connectivity index (χ0v) is 21.5. The van der Waals surface area contributed by atoms with Crippen molar-refractivity contribution in [2.75, 3.05) is 13.2 Å². The Morgan fingerprint density at radius 3 is 1.48 bits per heavy atom. The van der Waals surface area contributed by atoms with Crippen molar-refractivity contribution < 1.29 is 23.9 Å². The Morgan fingerprint density at radius 1 is 0.636 bits per heavy atom. The van der Waals surface area contributed by atoms with Crippen LogP contribution in [-0.4, -0.2) is 30.9 Å². The first kappa shape index (κ1) is 29.6. The fourth-order valence-electron chi connectivity index (χ4n) is 4.57. The van der Waals surface area contributed by atoms with Crippen molar-refractivity contribution in [3.05, 3.63) is 0 Å². The van der Waals surface area contributed by atoms with Crippen LogP contribution in [0.15, 0.2) is 0 Å². The molecule has 0 aliphatic heterocycles. The number of ether oxygens (including phenoxy) is 2. The molecule has 1 saturated carbocycles. The average Bonchev–Trinajstić information content (AvgIpc) is 2.81. The Morgan fingerprint density at radius 2 is 1.03 bits per heavy atom. The molecule has 0 N–H and O–H groups in total. The van der Waals surface area contributed by atoms with Gasteiger partial charge in [0.2, 0.25) is 0 Å². The summed E-state index contributed by atoms with van der Waals surface area (Å²) in [4.78, 5) is 37.2. The van der Waals surface area contributed by atoms with Crippen LogP contribution in [0.1, 0.15) is 136 Å². The number of hydrogen-bond acceptors (Lipinski definition) is 5. The first-order valence-electron chi connectivity index (χ1n) is 13.9. The summed E-state index contributed by atoms with van der Waals surface area (Å²) in [5.41, 5.74) is 0. The number of ketones is 1. The SMILES string of the molecule is CCCCCCCCCCOC(=O)C1CCC(=O)CC1C(=O)OCCCCCCCCCC. The Kier molecular flexibility index (Phi) is 18.0. The molecule has 1 fully saturated rings. The zero-order chi connectivity index (χ0) is 24.2. The van der Waals surface area contributed by atoms with E-state index in [1.165, 1.54) is 70.6 Å². The number of unbranched alkanes of at least 4 members (excludes halogenated alkanes) is 14. The van der Waals surface area contributed by atoms with Gasteiger partial charge in [0.25, 0.3) is 0 Å². The predicted molar refractivity (Wildman–Crippen MR) is 133 cm³/mol. The normalized spacial score (nSPS) is 18.3. The first-order chi connectivity index (χ1) is 16.1. The standard InChI is InChI=1S/C28H50O5/c1-3-5-7-9-11-13-15-17-21-32-27(30)25-20-19-24(29)23-26(25)28(31)33-22-18-16-14-12-10-8-6-4-2/h25-26H,3-23H2,1-2H3. The second-order valence-electron chi connectivity index (χ2n) is 9.78. The van der Waals surface area contributed by atoms with Crippen molar-refractivity contribution in [3.8, 4) is 0 Å². The van der Waals surface area contributed by atoms with E-state index in [0.717, 1.165) is 32.1 Å². The highest BCUT2D eigenvalue weighted by Crippen LogP contribution is 2.30. The molecule has 0 heterocycles. The summed E-state index contributed by atoms with van der Waals surface area (Å²) in [6.07, 6.45) is 19.8. The van der Waals surface area contributed by atoms with E-state index in [9.17, 15) is 14.4 Å². The minimum absolute atomic E-state index is 0.0381. The summed E-state index contributed by atoms with van der Waals surface area (Å²) in [5.74, 6) is -1.91. The van der Waals surface area contributed by atoms with Crippen LogP contribution in [0.5, 0.6) is 0 Å². The topological polar surface area (TPSA) is 69.7 Å². The van der Waals surface area contributed by atoms with Crippen LogP contribution in [-0.2, 0) is 23.9 Å². The molecule has 1 aliphatic rings. The summed E-state index contributed by atoms with van der Waals surface area (Å²) in [5, 5.41) is 0.